The molecule has 0 saturated carbocycles. The Hall–Kier alpha value is -1.73. The third-order valence-electron chi connectivity index (χ3n) is 2.63. The second-order valence-corrected chi connectivity index (χ2v) is 5.07. The number of H-pyrrole nitrogens is 1. The molecular formula is C12H11BrN4OS. The fourth-order valence-electron chi connectivity index (χ4n) is 1.58. The first-order valence-corrected chi connectivity index (χ1v) is 6.57. The van der Waals surface area contributed by atoms with Crippen LogP contribution in [0.15, 0.2) is 39.9 Å². The van der Waals surface area contributed by atoms with Crippen LogP contribution in [0.3, 0.4) is 0 Å². The number of anilines is 2. The summed E-state index contributed by atoms with van der Waals surface area (Å²) in [7, 11) is 1.82. The molecule has 3 N–H and O–H groups in total. The predicted octanol–water partition coefficient (Wildman–Crippen LogP) is 1.93. The van der Waals surface area contributed by atoms with Crippen molar-refractivity contribution >= 4 is 44.6 Å². The maximum Gasteiger partial charge on any atom is 0.267 e. The number of nitrogens with two attached hydrogens (primary N) is 1. The minimum absolute atomic E-state index is 0.225. The van der Waals surface area contributed by atoms with E-state index in [1.807, 2.05) is 31.3 Å². The SMILES string of the molecule is CN(c1ccc(C(N)=S)cc1)c1nc[nH]c(=O)c1Br. The molecule has 98 valence electrons. The van der Waals surface area contributed by atoms with Crippen LogP contribution in [0.25, 0.3) is 0 Å². The van der Waals surface area contributed by atoms with Gasteiger partial charge in [-0.3, -0.25) is 4.79 Å². The van der Waals surface area contributed by atoms with Crippen LogP contribution in [-0.4, -0.2) is 22.0 Å². The van der Waals surface area contributed by atoms with Crippen molar-refractivity contribution in [1.29, 1.82) is 0 Å². The molecule has 0 aliphatic heterocycles. The van der Waals surface area contributed by atoms with Crippen molar-refractivity contribution < 1.29 is 0 Å². The minimum atomic E-state index is -0.225. The van der Waals surface area contributed by atoms with Crippen LogP contribution in [0.5, 0.6) is 0 Å². The number of hydrogen-bond donors (Lipinski definition) is 2. The molecule has 0 amide bonds. The molecule has 0 unspecified atom stereocenters. The minimum Gasteiger partial charge on any atom is -0.389 e. The van der Waals surface area contributed by atoms with E-state index in [0.29, 0.717) is 15.3 Å². The molecule has 1 aromatic carbocycles. The van der Waals surface area contributed by atoms with Gasteiger partial charge < -0.3 is 15.6 Å². The van der Waals surface area contributed by atoms with Crippen molar-refractivity contribution in [2.75, 3.05) is 11.9 Å². The highest BCUT2D eigenvalue weighted by atomic mass is 79.9. The van der Waals surface area contributed by atoms with Crippen LogP contribution in [0.2, 0.25) is 0 Å². The summed E-state index contributed by atoms with van der Waals surface area (Å²) in [5.41, 5.74) is 6.99. The second kappa shape index (κ2) is 5.50. The van der Waals surface area contributed by atoms with Gasteiger partial charge in [0.1, 0.15) is 9.46 Å². The number of nitrogens with one attached hydrogen (secondary N) is 1. The van der Waals surface area contributed by atoms with Crippen molar-refractivity contribution in [1.82, 2.24) is 9.97 Å². The molecular weight excluding hydrogens is 328 g/mol. The lowest BCUT2D eigenvalue weighted by atomic mass is 10.2. The zero-order chi connectivity index (χ0) is 14.0. The Kier molecular flexibility index (Phi) is 3.96. The lowest BCUT2D eigenvalue weighted by molar-refractivity contribution is 1.04. The molecule has 0 bridgehead atoms. The molecule has 0 fully saturated rings. The fourth-order valence-corrected chi connectivity index (χ4v) is 2.20. The van der Waals surface area contributed by atoms with Crippen LogP contribution in [0.1, 0.15) is 5.56 Å². The van der Waals surface area contributed by atoms with Crippen molar-refractivity contribution in [3.63, 3.8) is 0 Å². The predicted molar refractivity (Wildman–Crippen MR) is 83.0 cm³/mol. The average Bonchev–Trinajstić information content (AvgIpc) is 2.41. The Morgan fingerprint density at radius 3 is 2.63 bits per heavy atom. The van der Waals surface area contributed by atoms with E-state index in [1.165, 1.54) is 6.33 Å². The Morgan fingerprint density at radius 2 is 2.05 bits per heavy atom. The van der Waals surface area contributed by atoms with E-state index in [2.05, 4.69) is 25.9 Å². The lowest BCUT2D eigenvalue weighted by Gasteiger charge is -2.19. The molecule has 2 rings (SSSR count). The number of rotatable bonds is 3. The van der Waals surface area contributed by atoms with Crippen molar-refractivity contribution in [3.05, 3.63) is 51.0 Å². The maximum atomic E-state index is 11.5. The van der Waals surface area contributed by atoms with E-state index in [0.717, 1.165) is 11.3 Å². The summed E-state index contributed by atoms with van der Waals surface area (Å²) in [6.07, 6.45) is 1.36. The summed E-state index contributed by atoms with van der Waals surface area (Å²) in [6.45, 7) is 0. The van der Waals surface area contributed by atoms with Crippen molar-refractivity contribution in [2.45, 2.75) is 0 Å². The molecule has 0 atom stereocenters. The molecule has 7 heteroatoms. The number of aromatic amines is 1. The van der Waals surface area contributed by atoms with E-state index >= 15 is 0 Å². The zero-order valence-corrected chi connectivity index (χ0v) is 12.5. The molecule has 2 aromatic rings. The van der Waals surface area contributed by atoms with Gasteiger partial charge in [0.15, 0.2) is 5.82 Å². The molecule has 5 nitrogen and oxygen atoms in total. The van der Waals surface area contributed by atoms with Gasteiger partial charge in [0.2, 0.25) is 0 Å². The van der Waals surface area contributed by atoms with E-state index in [4.69, 9.17) is 18.0 Å². The quantitative estimate of drug-likeness (QED) is 0.836. The first kappa shape index (κ1) is 13.7. The van der Waals surface area contributed by atoms with Crippen LogP contribution < -0.4 is 16.2 Å². The Bertz CT molecular complexity index is 668. The molecule has 0 saturated heterocycles. The van der Waals surface area contributed by atoms with Gasteiger partial charge in [0.05, 0.1) is 6.33 Å². The normalized spacial score (nSPS) is 10.2. The van der Waals surface area contributed by atoms with Gasteiger partial charge in [-0.2, -0.15) is 0 Å². The van der Waals surface area contributed by atoms with Gasteiger partial charge in [-0.25, -0.2) is 4.98 Å². The first-order chi connectivity index (χ1) is 9.00. The standard InChI is InChI=1S/C12H11BrN4OS/c1-17(11-9(13)12(18)16-6-15-11)8-4-2-7(3-5-8)10(14)19/h2-6H,1H3,(H2,14,19)(H,15,16,18). The Labute approximate surface area is 123 Å². The highest BCUT2D eigenvalue weighted by Crippen LogP contribution is 2.25. The van der Waals surface area contributed by atoms with Gasteiger partial charge in [-0.1, -0.05) is 12.2 Å². The van der Waals surface area contributed by atoms with E-state index in [-0.39, 0.29) is 5.56 Å². The summed E-state index contributed by atoms with van der Waals surface area (Å²) in [5, 5.41) is 0. The van der Waals surface area contributed by atoms with E-state index < -0.39 is 0 Å². The van der Waals surface area contributed by atoms with Gasteiger partial charge in [-0.15, -0.1) is 0 Å². The van der Waals surface area contributed by atoms with Crippen LogP contribution in [0.4, 0.5) is 11.5 Å². The molecule has 0 spiro atoms. The highest BCUT2D eigenvalue weighted by molar-refractivity contribution is 9.10. The van der Waals surface area contributed by atoms with Crippen LogP contribution >= 0.6 is 28.1 Å². The maximum absolute atomic E-state index is 11.5. The molecule has 1 aromatic heterocycles. The first-order valence-electron chi connectivity index (χ1n) is 5.37. The molecule has 0 aliphatic rings. The smallest absolute Gasteiger partial charge is 0.267 e. The van der Waals surface area contributed by atoms with Gasteiger partial charge in [0.25, 0.3) is 5.56 Å². The fraction of sp³-hybridized carbons (Fsp3) is 0.0833. The third-order valence-corrected chi connectivity index (χ3v) is 3.59. The van der Waals surface area contributed by atoms with E-state index in [9.17, 15) is 4.79 Å². The molecule has 0 radical (unpaired) electrons. The monoisotopic (exact) mass is 338 g/mol. The largest absolute Gasteiger partial charge is 0.389 e. The number of benzene rings is 1. The number of aromatic nitrogens is 2. The summed E-state index contributed by atoms with van der Waals surface area (Å²) >= 11 is 8.13. The molecule has 1 heterocycles. The summed E-state index contributed by atoms with van der Waals surface area (Å²) in [6, 6.07) is 7.39. The van der Waals surface area contributed by atoms with Gasteiger partial charge in [0, 0.05) is 18.3 Å². The number of thiocarbonyl (C=S) groups is 1. The topological polar surface area (TPSA) is 75.0 Å². The van der Waals surface area contributed by atoms with Crippen LogP contribution in [0, 0.1) is 0 Å². The summed E-state index contributed by atoms with van der Waals surface area (Å²) in [4.78, 5) is 20.3. The second-order valence-electron chi connectivity index (χ2n) is 3.84. The number of halogens is 1. The summed E-state index contributed by atoms with van der Waals surface area (Å²) < 4.78 is 0.385. The highest BCUT2D eigenvalue weighted by Gasteiger charge is 2.12. The van der Waals surface area contributed by atoms with E-state index in [1.54, 1.807) is 4.90 Å². The van der Waals surface area contributed by atoms with Crippen molar-refractivity contribution in [2.24, 2.45) is 5.73 Å². The Morgan fingerprint density at radius 1 is 1.42 bits per heavy atom. The lowest BCUT2D eigenvalue weighted by Crippen LogP contribution is -2.18. The third kappa shape index (κ3) is 2.82. The van der Waals surface area contributed by atoms with Crippen molar-refractivity contribution in [3.8, 4) is 0 Å². The Balaban J connectivity index is 2.38. The zero-order valence-electron chi connectivity index (χ0n) is 10.1. The average molecular weight is 339 g/mol. The number of nitrogens with zero attached hydrogens (tertiary/aromatic N) is 2. The molecule has 0 aliphatic carbocycles. The van der Waals surface area contributed by atoms with Crippen LogP contribution in [-0.2, 0) is 0 Å². The number of hydrogen-bond acceptors (Lipinski definition) is 4. The van der Waals surface area contributed by atoms with Gasteiger partial charge in [-0.05, 0) is 40.2 Å². The summed E-state index contributed by atoms with van der Waals surface area (Å²) in [5.74, 6) is 0.534. The van der Waals surface area contributed by atoms with Gasteiger partial charge >= 0.3 is 0 Å². The molecule has 19 heavy (non-hydrogen) atoms.